The van der Waals surface area contributed by atoms with Crippen LogP contribution in [0.3, 0.4) is 0 Å². The second-order valence-electron chi connectivity index (χ2n) is 13.4. The molecule has 5 heteroatoms. The lowest BCUT2D eigenvalue weighted by Gasteiger charge is -2.06. The fourth-order valence-electron chi connectivity index (χ4n) is 5.68. The zero-order valence-electron chi connectivity index (χ0n) is 29.9. The van der Waals surface area contributed by atoms with E-state index in [9.17, 15) is 0 Å². The highest BCUT2D eigenvalue weighted by atomic mass is 16.5. The first-order valence-corrected chi connectivity index (χ1v) is 19.8. The number of ether oxygens (including phenoxy) is 1. The first kappa shape index (κ1) is 45.9. The second kappa shape index (κ2) is 44.9. The Morgan fingerprint density at radius 1 is 0.318 bits per heavy atom. The summed E-state index contributed by atoms with van der Waals surface area (Å²) in [5.74, 6) is 0. The summed E-state index contributed by atoms with van der Waals surface area (Å²) >= 11 is 0. The molecule has 1 atom stereocenters. The van der Waals surface area contributed by atoms with Gasteiger partial charge in [0.2, 0.25) is 0 Å². The zero-order chi connectivity index (χ0) is 32.4. The predicted molar refractivity (Wildman–Crippen MR) is 192 cm³/mol. The lowest BCUT2D eigenvalue weighted by atomic mass is 10.0. The highest BCUT2D eigenvalue weighted by Gasteiger charge is 1.97. The number of unbranched alkanes of at least 4 members (excludes halogenated alkanes) is 30. The van der Waals surface area contributed by atoms with Gasteiger partial charge in [-0.2, -0.15) is 0 Å². The molecule has 4 N–H and O–H groups in total. The van der Waals surface area contributed by atoms with E-state index in [1.807, 2.05) is 0 Å². The Kier molecular flexibility index (Phi) is 46.9. The van der Waals surface area contributed by atoms with Gasteiger partial charge in [0.1, 0.15) is 0 Å². The predicted octanol–water partition coefficient (Wildman–Crippen LogP) is 10.8. The maximum atomic E-state index is 8.78. The number of rotatable bonds is 37. The van der Waals surface area contributed by atoms with Crippen LogP contribution in [0.5, 0.6) is 0 Å². The van der Waals surface area contributed by atoms with E-state index in [4.69, 9.17) is 25.2 Å². The normalized spacial score (nSPS) is 11.9. The SMILES string of the molecule is CC(O)CO.OCCCCCCCCCCCCCCCCCCOCCCCCCCCCCCCCCCCCCO. The summed E-state index contributed by atoms with van der Waals surface area (Å²) in [5, 5.41) is 33.6. The molecule has 0 radical (unpaired) electrons. The van der Waals surface area contributed by atoms with Crippen LogP contribution in [0, 0.1) is 0 Å². The molecule has 0 rings (SSSR count). The van der Waals surface area contributed by atoms with Gasteiger partial charge in [-0.15, -0.1) is 0 Å². The Labute approximate surface area is 276 Å². The van der Waals surface area contributed by atoms with Crippen LogP contribution in [0.4, 0.5) is 0 Å². The summed E-state index contributed by atoms with van der Waals surface area (Å²) in [4.78, 5) is 0. The molecular formula is C39H82O5. The molecule has 44 heavy (non-hydrogen) atoms. The largest absolute Gasteiger partial charge is 0.396 e. The van der Waals surface area contributed by atoms with Crippen LogP contribution in [0.25, 0.3) is 0 Å². The van der Waals surface area contributed by atoms with Gasteiger partial charge in [-0.05, 0) is 32.6 Å². The zero-order valence-corrected chi connectivity index (χ0v) is 29.9. The van der Waals surface area contributed by atoms with Crippen molar-refractivity contribution in [3.05, 3.63) is 0 Å². The molecule has 0 amide bonds. The molecule has 0 saturated heterocycles. The van der Waals surface area contributed by atoms with E-state index in [-0.39, 0.29) is 6.61 Å². The summed E-state index contributed by atoms with van der Waals surface area (Å²) < 4.78 is 5.86. The van der Waals surface area contributed by atoms with E-state index in [0.29, 0.717) is 13.2 Å². The molecule has 0 aliphatic rings. The number of aliphatic hydroxyl groups is 4. The summed E-state index contributed by atoms with van der Waals surface area (Å²) in [5.41, 5.74) is 0. The molecule has 5 nitrogen and oxygen atoms in total. The maximum Gasteiger partial charge on any atom is 0.0742 e. The van der Waals surface area contributed by atoms with Crippen molar-refractivity contribution in [2.75, 3.05) is 33.0 Å². The Morgan fingerprint density at radius 3 is 0.636 bits per heavy atom. The van der Waals surface area contributed by atoms with Crippen molar-refractivity contribution in [2.24, 2.45) is 0 Å². The molecule has 0 fully saturated rings. The van der Waals surface area contributed by atoms with Crippen LogP contribution in [0.1, 0.15) is 212 Å². The Balaban J connectivity index is 0. The molecule has 0 aliphatic heterocycles. The average Bonchev–Trinajstić information content (AvgIpc) is 3.03. The molecule has 0 aliphatic carbocycles. The van der Waals surface area contributed by atoms with Crippen LogP contribution in [-0.2, 0) is 4.74 Å². The van der Waals surface area contributed by atoms with Crippen molar-refractivity contribution >= 4 is 0 Å². The van der Waals surface area contributed by atoms with Gasteiger partial charge in [0.05, 0.1) is 12.7 Å². The molecule has 0 bridgehead atoms. The van der Waals surface area contributed by atoms with E-state index < -0.39 is 6.10 Å². The van der Waals surface area contributed by atoms with Gasteiger partial charge in [0.15, 0.2) is 0 Å². The minimum atomic E-state index is -0.560. The standard InChI is InChI=1S/C36H74O3.C3H8O2/c37-33-29-25-21-17-13-9-5-1-3-7-11-15-19-23-27-31-35-39-36-32-28-24-20-16-12-8-4-2-6-10-14-18-22-26-30-34-38;1-3(5)2-4/h37-38H,1-36H2;3-5H,2H2,1H3. The summed E-state index contributed by atoms with van der Waals surface area (Å²) in [7, 11) is 0. The lowest BCUT2D eigenvalue weighted by molar-refractivity contribution is 0.110. The molecule has 1 unspecified atom stereocenters. The van der Waals surface area contributed by atoms with Crippen LogP contribution < -0.4 is 0 Å². The quantitative estimate of drug-likeness (QED) is 0.0513. The summed E-state index contributed by atoms with van der Waals surface area (Å²) in [6, 6.07) is 0. The minimum Gasteiger partial charge on any atom is -0.396 e. The highest BCUT2D eigenvalue weighted by Crippen LogP contribution is 2.15. The van der Waals surface area contributed by atoms with E-state index >= 15 is 0 Å². The third kappa shape index (κ3) is 48.7. The number of hydrogen-bond donors (Lipinski definition) is 4. The van der Waals surface area contributed by atoms with Crippen LogP contribution in [0.15, 0.2) is 0 Å². The van der Waals surface area contributed by atoms with Gasteiger partial charge in [-0.1, -0.05) is 180 Å². The van der Waals surface area contributed by atoms with Crippen LogP contribution in [0.2, 0.25) is 0 Å². The topological polar surface area (TPSA) is 90.2 Å². The molecular weight excluding hydrogens is 548 g/mol. The van der Waals surface area contributed by atoms with Crippen LogP contribution >= 0.6 is 0 Å². The van der Waals surface area contributed by atoms with Crippen molar-refractivity contribution in [1.82, 2.24) is 0 Å². The molecule has 0 saturated carbocycles. The van der Waals surface area contributed by atoms with Gasteiger partial charge < -0.3 is 25.2 Å². The monoisotopic (exact) mass is 631 g/mol. The van der Waals surface area contributed by atoms with Gasteiger partial charge in [0.25, 0.3) is 0 Å². The van der Waals surface area contributed by atoms with E-state index in [1.54, 1.807) is 0 Å². The fraction of sp³-hybridized carbons (Fsp3) is 1.00. The van der Waals surface area contributed by atoms with Crippen molar-refractivity contribution in [3.63, 3.8) is 0 Å². The molecule has 0 heterocycles. The minimum absolute atomic E-state index is 0.139. The second-order valence-corrected chi connectivity index (χ2v) is 13.4. The molecule has 0 aromatic rings. The van der Waals surface area contributed by atoms with Gasteiger partial charge in [0, 0.05) is 26.4 Å². The summed E-state index contributed by atoms with van der Waals surface area (Å²) in [6.07, 6.45) is 42.8. The smallest absolute Gasteiger partial charge is 0.0742 e. The number of aliphatic hydroxyl groups excluding tert-OH is 4. The van der Waals surface area contributed by atoms with Crippen molar-refractivity contribution < 1.29 is 25.2 Å². The van der Waals surface area contributed by atoms with Crippen LogP contribution in [-0.4, -0.2) is 59.6 Å². The molecule has 0 spiro atoms. The lowest BCUT2D eigenvalue weighted by Crippen LogP contribution is -2.03. The third-order valence-corrected chi connectivity index (χ3v) is 8.66. The first-order valence-electron chi connectivity index (χ1n) is 19.8. The van der Waals surface area contributed by atoms with E-state index in [2.05, 4.69) is 0 Å². The Hall–Kier alpha value is -0.200. The van der Waals surface area contributed by atoms with Gasteiger partial charge in [-0.25, -0.2) is 0 Å². The van der Waals surface area contributed by atoms with Gasteiger partial charge >= 0.3 is 0 Å². The van der Waals surface area contributed by atoms with E-state index in [0.717, 1.165) is 26.1 Å². The molecule has 0 aromatic heterocycles. The van der Waals surface area contributed by atoms with Crippen molar-refractivity contribution in [1.29, 1.82) is 0 Å². The maximum absolute atomic E-state index is 8.78. The van der Waals surface area contributed by atoms with Crippen molar-refractivity contribution in [2.45, 2.75) is 218 Å². The molecule has 0 aromatic carbocycles. The average molecular weight is 631 g/mol. The molecule has 268 valence electrons. The summed E-state index contributed by atoms with van der Waals surface area (Å²) in [6.45, 7) is 4.08. The van der Waals surface area contributed by atoms with Gasteiger partial charge in [-0.3, -0.25) is 0 Å². The highest BCUT2D eigenvalue weighted by molar-refractivity contribution is 4.52. The Morgan fingerprint density at radius 2 is 0.477 bits per heavy atom. The van der Waals surface area contributed by atoms with E-state index in [1.165, 1.54) is 200 Å². The van der Waals surface area contributed by atoms with Crippen molar-refractivity contribution in [3.8, 4) is 0 Å². The fourth-order valence-corrected chi connectivity index (χ4v) is 5.68. The first-order chi connectivity index (χ1) is 21.7. The Bertz CT molecular complexity index is 424. The number of hydrogen-bond acceptors (Lipinski definition) is 5. The third-order valence-electron chi connectivity index (χ3n) is 8.66.